The van der Waals surface area contributed by atoms with Crippen LogP contribution in [0.25, 0.3) is 0 Å². The number of ether oxygens (including phenoxy) is 1. The number of ketones is 1. The van der Waals surface area contributed by atoms with Gasteiger partial charge in [0.2, 0.25) is 5.78 Å². The summed E-state index contributed by atoms with van der Waals surface area (Å²) in [5, 5.41) is 2.55. The number of hydrogen-bond donors (Lipinski definition) is 0. The summed E-state index contributed by atoms with van der Waals surface area (Å²) in [5.74, 6) is -1.09. The molecule has 0 aromatic heterocycles. The van der Waals surface area contributed by atoms with Crippen LogP contribution in [0.1, 0.15) is 66.2 Å². The van der Waals surface area contributed by atoms with E-state index in [-0.39, 0.29) is 6.61 Å². The van der Waals surface area contributed by atoms with Gasteiger partial charge in [-0.15, -0.1) is 0 Å². The molecular formula is C21H35N3O4. The number of unbranched alkanes of at least 4 members (excludes halogenated alkanes) is 1. The molecule has 0 spiro atoms. The van der Waals surface area contributed by atoms with E-state index in [1.165, 1.54) is 10.0 Å². The van der Waals surface area contributed by atoms with Crippen LogP contribution in [0.3, 0.4) is 0 Å². The molecule has 7 heteroatoms. The van der Waals surface area contributed by atoms with Crippen molar-refractivity contribution in [3.63, 3.8) is 0 Å². The SMILES string of the molecule is C/C=C(\C=NC)CCCCOC(=O)N1CCCCN1C(=O)C(=O)C(C)(C)CC. The molecule has 28 heavy (non-hydrogen) atoms. The van der Waals surface area contributed by atoms with E-state index >= 15 is 0 Å². The first-order valence-electron chi connectivity index (χ1n) is 10.2. The Morgan fingerprint density at radius 1 is 1.11 bits per heavy atom. The predicted octanol–water partition coefficient (Wildman–Crippen LogP) is 3.78. The second-order valence-corrected chi connectivity index (χ2v) is 7.65. The molecule has 0 unspecified atom stereocenters. The van der Waals surface area contributed by atoms with Gasteiger partial charge in [0.25, 0.3) is 0 Å². The first-order valence-corrected chi connectivity index (χ1v) is 10.2. The Labute approximate surface area is 168 Å². The number of nitrogens with zero attached hydrogens (tertiary/aromatic N) is 3. The molecule has 0 bridgehead atoms. The molecule has 0 aromatic carbocycles. The number of allylic oxidation sites excluding steroid dienone is 2. The van der Waals surface area contributed by atoms with Crippen LogP contribution in [-0.4, -0.2) is 60.8 Å². The monoisotopic (exact) mass is 393 g/mol. The van der Waals surface area contributed by atoms with Crippen LogP contribution in [0.2, 0.25) is 0 Å². The second-order valence-electron chi connectivity index (χ2n) is 7.65. The lowest BCUT2D eigenvalue weighted by Gasteiger charge is -2.38. The molecule has 1 aliphatic heterocycles. The van der Waals surface area contributed by atoms with Gasteiger partial charge in [0.1, 0.15) is 0 Å². The number of hydrazine groups is 1. The highest BCUT2D eigenvalue weighted by molar-refractivity contribution is 6.37. The lowest BCUT2D eigenvalue weighted by Crippen LogP contribution is -2.56. The van der Waals surface area contributed by atoms with E-state index in [1.807, 2.05) is 26.1 Å². The standard InChI is InChI=1S/C21H35N3O4/c1-6-17(16-22-5)12-8-11-15-28-20(27)24-14-10-9-13-23(24)19(26)18(25)21(3,4)7-2/h6,16H,7-15H2,1-5H3/b17-6-,22-16?. The molecule has 2 amide bonds. The first-order chi connectivity index (χ1) is 13.3. The summed E-state index contributed by atoms with van der Waals surface area (Å²) >= 11 is 0. The predicted molar refractivity (Wildman–Crippen MR) is 110 cm³/mol. The van der Waals surface area contributed by atoms with Crippen molar-refractivity contribution in [1.29, 1.82) is 0 Å². The van der Waals surface area contributed by atoms with E-state index < -0.39 is 23.2 Å². The Hall–Kier alpha value is -2.18. The number of Topliss-reactive ketones (excluding diaryl/α,β-unsaturated/α-hetero) is 1. The number of aliphatic imine (C=N–C) groups is 1. The molecule has 158 valence electrons. The molecule has 0 radical (unpaired) electrons. The fraction of sp³-hybridized carbons (Fsp3) is 0.714. The van der Waals surface area contributed by atoms with Gasteiger partial charge in [-0.2, -0.15) is 0 Å². The Morgan fingerprint density at radius 2 is 1.75 bits per heavy atom. The van der Waals surface area contributed by atoms with E-state index in [0.717, 1.165) is 37.7 Å². The maximum atomic E-state index is 12.7. The molecule has 0 N–H and O–H groups in total. The fourth-order valence-electron chi connectivity index (χ4n) is 2.85. The number of rotatable bonds is 9. The Kier molecular flexibility index (Phi) is 9.90. The van der Waals surface area contributed by atoms with Crippen molar-refractivity contribution in [1.82, 2.24) is 10.0 Å². The number of carbonyl (C=O) groups excluding carboxylic acids is 3. The van der Waals surface area contributed by atoms with Gasteiger partial charge in [0.05, 0.1) is 6.61 Å². The Morgan fingerprint density at radius 3 is 2.32 bits per heavy atom. The van der Waals surface area contributed by atoms with E-state index in [0.29, 0.717) is 19.5 Å². The Balaban J connectivity index is 2.57. The quantitative estimate of drug-likeness (QED) is 0.339. The van der Waals surface area contributed by atoms with E-state index in [4.69, 9.17) is 4.74 Å². The van der Waals surface area contributed by atoms with Crippen molar-refractivity contribution in [2.45, 2.75) is 66.2 Å². The number of amides is 2. The van der Waals surface area contributed by atoms with Gasteiger partial charge in [-0.1, -0.05) is 26.8 Å². The number of carbonyl (C=O) groups is 3. The van der Waals surface area contributed by atoms with E-state index in [2.05, 4.69) is 4.99 Å². The average molecular weight is 394 g/mol. The van der Waals surface area contributed by atoms with Crippen LogP contribution in [0, 0.1) is 5.41 Å². The van der Waals surface area contributed by atoms with Crippen LogP contribution >= 0.6 is 0 Å². The third-order valence-electron chi connectivity index (χ3n) is 5.17. The molecule has 0 saturated carbocycles. The van der Waals surface area contributed by atoms with Gasteiger partial charge in [-0.25, -0.2) is 14.8 Å². The van der Waals surface area contributed by atoms with Crippen molar-refractivity contribution in [2.24, 2.45) is 10.4 Å². The van der Waals surface area contributed by atoms with Gasteiger partial charge >= 0.3 is 12.0 Å². The maximum Gasteiger partial charge on any atom is 0.428 e. The molecule has 1 heterocycles. The fourth-order valence-corrected chi connectivity index (χ4v) is 2.85. The topological polar surface area (TPSA) is 79.3 Å². The van der Waals surface area contributed by atoms with Crippen molar-refractivity contribution in [3.8, 4) is 0 Å². The summed E-state index contributed by atoms with van der Waals surface area (Å²) in [6, 6.07) is 0. The highest BCUT2D eigenvalue weighted by Crippen LogP contribution is 2.24. The third kappa shape index (κ3) is 6.77. The Bertz CT molecular complexity index is 611. The molecule has 1 rings (SSSR count). The van der Waals surface area contributed by atoms with Crippen LogP contribution in [0.4, 0.5) is 4.79 Å². The minimum atomic E-state index is -0.740. The molecular weight excluding hydrogens is 358 g/mol. The smallest absolute Gasteiger partial charge is 0.428 e. The van der Waals surface area contributed by atoms with Crippen molar-refractivity contribution in [2.75, 3.05) is 26.7 Å². The van der Waals surface area contributed by atoms with Gasteiger partial charge < -0.3 is 4.74 Å². The van der Waals surface area contributed by atoms with Crippen molar-refractivity contribution < 1.29 is 19.1 Å². The summed E-state index contributed by atoms with van der Waals surface area (Å²) in [7, 11) is 1.74. The van der Waals surface area contributed by atoms with Crippen LogP contribution in [0.15, 0.2) is 16.6 Å². The average Bonchev–Trinajstić information content (AvgIpc) is 2.71. The lowest BCUT2D eigenvalue weighted by atomic mass is 9.85. The zero-order chi connectivity index (χ0) is 21.2. The summed E-state index contributed by atoms with van der Waals surface area (Å²) in [5.41, 5.74) is 0.412. The van der Waals surface area contributed by atoms with Crippen LogP contribution in [-0.2, 0) is 14.3 Å². The minimum Gasteiger partial charge on any atom is -0.448 e. The van der Waals surface area contributed by atoms with Crippen LogP contribution < -0.4 is 0 Å². The van der Waals surface area contributed by atoms with Crippen molar-refractivity contribution >= 4 is 24.0 Å². The molecule has 0 aliphatic carbocycles. The van der Waals surface area contributed by atoms with E-state index in [1.54, 1.807) is 20.9 Å². The minimum absolute atomic E-state index is 0.284. The molecule has 1 saturated heterocycles. The summed E-state index contributed by atoms with van der Waals surface area (Å²) in [6.45, 7) is 8.38. The number of hydrogen-bond acceptors (Lipinski definition) is 5. The van der Waals surface area contributed by atoms with Crippen molar-refractivity contribution in [3.05, 3.63) is 11.6 Å². The summed E-state index contributed by atoms with van der Waals surface area (Å²) in [4.78, 5) is 41.7. The van der Waals surface area contributed by atoms with E-state index in [9.17, 15) is 14.4 Å². The van der Waals surface area contributed by atoms with Crippen LogP contribution in [0.5, 0.6) is 0 Å². The van der Waals surface area contributed by atoms with Gasteiger partial charge in [0.15, 0.2) is 0 Å². The maximum absolute atomic E-state index is 12.7. The normalized spacial score (nSPS) is 15.8. The third-order valence-corrected chi connectivity index (χ3v) is 5.17. The first kappa shape index (κ1) is 23.9. The highest BCUT2D eigenvalue weighted by Gasteiger charge is 2.39. The molecule has 1 fully saturated rings. The zero-order valence-corrected chi connectivity index (χ0v) is 18.0. The molecule has 7 nitrogen and oxygen atoms in total. The highest BCUT2D eigenvalue weighted by atomic mass is 16.6. The molecule has 0 atom stereocenters. The molecule has 0 aromatic rings. The summed E-state index contributed by atoms with van der Waals surface area (Å²) < 4.78 is 5.36. The lowest BCUT2D eigenvalue weighted by molar-refractivity contribution is -0.161. The van der Waals surface area contributed by atoms with Gasteiger partial charge in [0, 0.05) is 31.8 Å². The largest absolute Gasteiger partial charge is 0.448 e. The van der Waals surface area contributed by atoms with Gasteiger partial charge in [-0.3, -0.25) is 14.6 Å². The summed E-state index contributed by atoms with van der Waals surface area (Å²) in [6.07, 6.45) is 7.88. The second kappa shape index (κ2) is 11.6. The zero-order valence-electron chi connectivity index (χ0n) is 18.0. The van der Waals surface area contributed by atoms with Gasteiger partial charge in [-0.05, 0) is 51.0 Å². The molecule has 1 aliphatic rings.